The number of nitrogens with zero attached hydrogens (tertiary/aromatic N) is 1. The van der Waals surface area contributed by atoms with Gasteiger partial charge in [0.2, 0.25) is 11.8 Å². The molecule has 1 aliphatic heterocycles. The number of carboxylic acid groups (broad SMARTS) is 1. The number of ketones is 2. The standard InChI is InChI=1S/C43H35NO9/c1-52-27-19-33(45)37(34(20-27)53-2)38-28-16-17-29-36(41(49)44(40(29)48)26-15-9-12-24(18-26)42(50)51)31(28)21-32-39(47)30(23-10-5-3-6-11-23)22-35(46)43(32,38)25-13-7-4-8-14-25/h3-16,18-20,22,29,31-32,36,38,45H,17,21H2,1-2H3,(H,50,51). The van der Waals surface area contributed by atoms with Crippen LogP contribution >= 0.6 is 0 Å². The number of anilines is 1. The number of methoxy groups -OCH3 is 2. The van der Waals surface area contributed by atoms with Crippen LogP contribution in [0.3, 0.4) is 0 Å². The number of allylic oxidation sites excluding steroid dienone is 4. The van der Waals surface area contributed by atoms with E-state index >= 15 is 9.59 Å². The number of rotatable bonds is 7. The molecule has 53 heavy (non-hydrogen) atoms. The van der Waals surface area contributed by atoms with E-state index < -0.39 is 52.8 Å². The van der Waals surface area contributed by atoms with E-state index in [-0.39, 0.29) is 58.3 Å². The second-order valence-corrected chi connectivity index (χ2v) is 13.9. The fourth-order valence-corrected chi connectivity index (χ4v) is 9.39. The molecule has 10 heteroatoms. The number of phenols is 1. The number of ether oxygens (including phenoxy) is 2. The third kappa shape index (κ3) is 4.96. The molecule has 1 saturated heterocycles. The number of Topliss-reactive ketones (excluding diaryl/α,β-unsaturated/α-hetero) is 1. The van der Waals surface area contributed by atoms with Crippen LogP contribution < -0.4 is 14.4 Å². The van der Waals surface area contributed by atoms with Crippen molar-refractivity contribution < 1.29 is 43.7 Å². The Morgan fingerprint density at radius 1 is 0.830 bits per heavy atom. The van der Waals surface area contributed by atoms with Crippen LogP contribution in [0.1, 0.15) is 45.8 Å². The van der Waals surface area contributed by atoms with Crippen LogP contribution in [0.2, 0.25) is 0 Å². The summed E-state index contributed by atoms with van der Waals surface area (Å²) in [6, 6.07) is 26.7. The van der Waals surface area contributed by atoms with Crippen molar-refractivity contribution in [3.05, 3.63) is 137 Å². The SMILES string of the molecule is COc1cc(O)c(C2C3=CCC4C(=O)N(c5cccc(C(=O)O)c5)C(=O)C4C3CC3C(=O)C(c4ccccc4)=CC(=O)C32c2ccccc2)c(OC)c1. The molecule has 0 bridgehead atoms. The summed E-state index contributed by atoms with van der Waals surface area (Å²) in [6.45, 7) is 0. The molecular weight excluding hydrogens is 674 g/mol. The zero-order valence-electron chi connectivity index (χ0n) is 28.9. The van der Waals surface area contributed by atoms with Crippen molar-refractivity contribution in [3.63, 3.8) is 0 Å². The summed E-state index contributed by atoms with van der Waals surface area (Å²) in [7, 11) is 2.90. The predicted molar refractivity (Wildman–Crippen MR) is 194 cm³/mol. The fraction of sp³-hybridized carbons (Fsp3) is 0.233. The number of hydrogen-bond acceptors (Lipinski definition) is 8. The summed E-state index contributed by atoms with van der Waals surface area (Å²) in [4.78, 5) is 72.0. The molecule has 0 aromatic heterocycles. The number of carbonyl (C=O) groups is 5. The molecule has 2 fully saturated rings. The van der Waals surface area contributed by atoms with Crippen LogP contribution in [-0.2, 0) is 24.6 Å². The first-order valence-electron chi connectivity index (χ1n) is 17.4. The maximum absolute atomic E-state index is 15.3. The van der Waals surface area contributed by atoms with E-state index in [0.717, 1.165) is 4.90 Å². The molecule has 6 unspecified atom stereocenters. The van der Waals surface area contributed by atoms with Crippen LogP contribution in [0.25, 0.3) is 5.57 Å². The second-order valence-electron chi connectivity index (χ2n) is 13.9. The number of amides is 2. The summed E-state index contributed by atoms with van der Waals surface area (Å²) >= 11 is 0. The van der Waals surface area contributed by atoms with Gasteiger partial charge in [0, 0.05) is 35.1 Å². The Morgan fingerprint density at radius 3 is 2.23 bits per heavy atom. The molecule has 266 valence electrons. The third-order valence-corrected chi connectivity index (χ3v) is 11.6. The fourth-order valence-electron chi connectivity index (χ4n) is 9.39. The summed E-state index contributed by atoms with van der Waals surface area (Å²) < 4.78 is 11.3. The van der Waals surface area contributed by atoms with Crippen molar-refractivity contribution in [2.45, 2.75) is 24.2 Å². The Labute approximate surface area is 305 Å². The topological polar surface area (TPSA) is 148 Å². The van der Waals surface area contributed by atoms with E-state index in [2.05, 4.69) is 0 Å². The third-order valence-electron chi connectivity index (χ3n) is 11.6. The Hall–Kier alpha value is -6.29. The molecule has 8 rings (SSSR count). The van der Waals surface area contributed by atoms with Crippen molar-refractivity contribution in [3.8, 4) is 17.2 Å². The lowest BCUT2D eigenvalue weighted by molar-refractivity contribution is -0.135. The number of carbonyl (C=O) groups excluding carboxylic acids is 4. The van der Waals surface area contributed by atoms with E-state index in [1.165, 1.54) is 50.6 Å². The van der Waals surface area contributed by atoms with Gasteiger partial charge in [-0.2, -0.15) is 0 Å². The van der Waals surface area contributed by atoms with E-state index in [0.29, 0.717) is 22.4 Å². The molecule has 4 aliphatic rings. The molecule has 0 spiro atoms. The minimum Gasteiger partial charge on any atom is -0.507 e. The second kappa shape index (κ2) is 12.7. The van der Waals surface area contributed by atoms with Gasteiger partial charge in [-0.1, -0.05) is 78.4 Å². The molecule has 4 aromatic carbocycles. The number of carboxylic acids is 1. The average Bonchev–Trinajstić information content (AvgIpc) is 3.44. The lowest BCUT2D eigenvalue weighted by Gasteiger charge is -2.55. The Morgan fingerprint density at radius 2 is 1.55 bits per heavy atom. The first-order chi connectivity index (χ1) is 25.6. The Kier molecular flexibility index (Phi) is 8.13. The highest BCUT2D eigenvalue weighted by Gasteiger charge is 2.66. The molecule has 4 aromatic rings. The number of fused-ring (bicyclic) bond motifs is 4. The minimum absolute atomic E-state index is 0.0639. The van der Waals surface area contributed by atoms with Crippen LogP contribution in [0.4, 0.5) is 5.69 Å². The molecule has 3 aliphatic carbocycles. The molecule has 2 amide bonds. The van der Waals surface area contributed by atoms with Crippen molar-refractivity contribution in [1.29, 1.82) is 0 Å². The number of aromatic hydroxyl groups is 1. The number of aromatic carboxylic acids is 1. The first kappa shape index (κ1) is 33.8. The highest BCUT2D eigenvalue weighted by Crippen LogP contribution is 2.65. The minimum atomic E-state index is -1.58. The van der Waals surface area contributed by atoms with Crippen molar-refractivity contribution >= 4 is 40.6 Å². The van der Waals surface area contributed by atoms with Gasteiger partial charge in [0.05, 0.1) is 42.7 Å². The predicted octanol–water partition coefficient (Wildman–Crippen LogP) is 6.14. The van der Waals surface area contributed by atoms with Gasteiger partial charge >= 0.3 is 5.97 Å². The summed E-state index contributed by atoms with van der Waals surface area (Å²) in [5, 5.41) is 21.5. The molecule has 0 radical (unpaired) electrons. The zero-order chi connectivity index (χ0) is 37.2. The van der Waals surface area contributed by atoms with Crippen LogP contribution in [-0.4, -0.2) is 53.8 Å². The average molecular weight is 710 g/mol. The normalized spacial score (nSPS) is 26.2. The van der Waals surface area contributed by atoms with Crippen LogP contribution in [0.5, 0.6) is 17.2 Å². The van der Waals surface area contributed by atoms with Crippen molar-refractivity contribution in [2.24, 2.45) is 23.7 Å². The number of benzene rings is 4. The maximum Gasteiger partial charge on any atom is 0.335 e. The lowest BCUT2D eigenvalue weighted by Crippen LogP contribution is -2.58. The lowest BCUT2D eigenvalue weighted by atomic mass is 9.44. The van der Waals surface area contributed by atoms with Crippen molar-refractivity contribution in [2.75, 3.05) is 19.1 Å². The molecule has 2 N–H and O–H groups in total. The van der Waals surface area contributed by atoms with Gasteiger partial charge in [-0.3, -0.25) is 24.1 Å². The molecular formula is C43H35NO9. The number of phenolic OH excluding ortho intramolecular Hbond substituents is 1. The summed E-state index contributed by atoms with van der Waals surface area (Å²) in [5.41, 5.74) is 0.793. The van der Waals surface area contributed by atoms with Gasteiger partial charge in [-0.05, 0) is 54.2 Å². The highest BCUT2D eigenvalue weighted by molar-refractivity contribution is 6.32. The van der Waals surface area contributed by atoms with E-state index in [9.17, 15) is 24.6 Å². The molecule has 10 nitrogen and oxygen atoms in total. The van der Waals surface area contributed by atoms with Gasteiger partial charge in [0.15, 0.2) is 11.6 Å². The van der Waals surface area contributed by atoms with Gasteiger partial charge in [-0.15, -0.1) is 0 Å². The first-order valence-corrected chi connectivity index (χ1v) is 17.4. The van der Waals surface area contributed by atoms with E-state index in [1.54, 1.807) is 42.5 Å². The monoisotopic (exact) mass is 709 g/mol. The smallest absolute Gasteiger partial charge is 0.335 e. The van der Waals surface area contributed by atoms with Crippen LogP contribution in [0.15, 0.2) is 115 Å². The van der Waals surface area contributed by atoms with E-state index in [1.807, 2.05) is 30.3 Å². The number of hydrogen-bond donors (Lipinski definition) is 2. The van der Waals surface area contributed by atoms with Gasteiger partial charge in [0.25, 0.3) is 0 Å². The number of imide groups is 1. The summed E-state index contributed by atoms with van der Waals surface area (Å²) in [5.74, 6) is -6.94. The molecule has 6 atom stereocenters. The van der Waals surface area contributed by atoms with Crippen LogP contribution in [0, 0.1) is 23.7 Å². The molecule has 1 heterocycles. The summed E-state index contributed by atoms with van der Waals surface area (Å²) in [6.07, 6.45) is 3.51. The molecule has 1 saturated carbocycles. The van der Waals surface area contributed by atoms with E-state index in [4.69, 9.17) is 9.47 Å². The Bertz CT molecular complexity index is 2280. The quantitative estimate of drug-likeness (QED) is 0.171. The zero-order valence-corrected chi connectivity index (χ0v) is 28.9. The maximum atomic E-state index is 15.3. The van der Waals surface area contributed by atoms with Gasteiger partial charge < -0.3 is 19.7 Å². The van der Waals surface area contributed by atoms with Gasteiger partial charge in [0.1, 0.15) is 17.2 Å². The largest absolute Gasteiger partial charge is 0.507 e. The highest BCUT2D eigenvalue weighted by atomic mass is 16.5. The van der Waals surface area contributed by atoms with Crippen molar-refractivity contribution in [1.82, 2.24) is 0 Å². The Balaban J connectivity index is 1.38. The van der Waals surface area contributed by atoms with Gasteiger partial charge in [-0.25, -0.2) is 4.79 Å².